The predicted octanol–water partition coefficient (Wildman–Crippen LogP) is 3.01. The number of carboxylic acid groups (broad SMARTS) is 1. The highest BCUT2D eigenvalue weighted by Crippen LogP contribution is 2.14. The largest absolute Gasteiger partial charge is 0.505 e. The Labute approximate surface area is 132 Å². The van der Waals surface area contributed by atoms with Crippen molar-refractivity contribution in [2.24, 2.45) is 0 Å². The third kappa shape index (κ3) is 4.86. The lowest BCUT2D eigenvalue weighted by atomic mass is 10.1. The van der Waals surface area contributed by atoms with Crippen LogP contribution in [-0.4, -0.2) is 23.8 Å². The molecule has 2 aromatic carbocycles. The Bertz CT molecular complexity index is 729. The second-order valence-corrected chi connectivity index (χ2v) is 4.59. The Balaban J connectivity index is 1.94. The van der Waals surface area contributed by atoms with Gasteiger partial charge in [-0.2, -0.15) is 5.26 Å². The van der Waals surface area contributed by atoms with Crippen molar-refractivity contribution < 1.29 is 24.2 Å². The van der Waals surface area contributed by atoms with Gasteiger partial charge in [-0.15, -0.1) is 0 Å². The number of ether oxygens (including phenoxy) is 2. The van der Waals surface area contributed by atoms with Crippen molar-refractivity contribution in [2.45, 2.75) is 6.42 Å². The molecule has 0 heterocycles. The number of hydrogen-bond acceptors (Lipinski definition) is 5. The lowest BCUT2D eigenvalue weighted by molar-refractivity contribution is 0.0734. The molecule has 0 aliphatic carbocycles. The molecule has 6 nitrogen and oxygen atoms in total. The van der Waals surface area contributed by atoms with E-state index < -0.39 is 12.1 Å². The Morgan fingerprint density at radius 2 is 1.70 bits per heavy atom. The molecule has 2 aromatic rings. The van der Waals surface area contributed by atoms with Crippen LogP contribution in [0.15, 0.2) is 48.5 Å². The summed E-state index contributed by atoms with van der Waals surface area (Å²) in [5, 5.41) is 17.1. The molecule has 23 heavy (non-hydrogen) atoms. The standard InChI is InChI=1S/C17H13NO5/c18-11-13-3-7-15(8-4-13)23-16(19)14-5-1-12(2-6-14)9-10-22-17(20)21/h1-8H,9-10H2,(H,20,21). The molecule has 0 radical (unpaired) electrons. The maximum atomic E-state index is 12.0. The minimum atomic E-state index is -1.31. The fourth-order valence-corrected chi connectivity index (χ4v) is 1.83. The SMILES string of the molecule is N#Cc1ccc(OC(=O)c2ccc(CCOC(=O)O)cc2)cc1. The minimum Gasteiger partial charge on any atom is -0.450 e. The monoisotopic (exact) mass is 311 g/mol. The van der Waals surface area contributed by atoms with E-state index >= 15 is 0 Å². The summed E-state index contributed by atoms with van der Waals surface area (Å²) in [5.41, 5.74) is 1.70. The van der Waals surface area contributed by atoms with Gasteiger partial charge in [-0.1, -0.05) is 12.1 Å². The van der Waals surface area contributed by atoms with Gasteiger partial charge < -0.3 is 14.6 Å². The second-order valence-electron chi connectivity index (χ2n) is 4.59. The fraction of sp³-hybridized carbons (Fsp3) is 0.118. The van der Waals surface area contributed by atoms with Gasteiger partial charge >= 0.3 is 12.1 Å². The molecule has 0 amide bonds. The van der Waals surface area contributed by atoms with Crippen LogP contribution < -0.4 is 4.74 Å². The summed E-state index contributed by atoms with van der Waals surface area (Å²) in [6.07, 6.45) is -0.885. The molecule has 0 bridgehead atoms. The van der Waals surface area contributed by atoms with Crippen LogP contribution in [0.2, 0.25) is 0 Å². The summed E-state index contributed by atoms with van der Waals surface area (Å²) >= 11 is 0. The molecule has 1 N–H and O–H groups in total. The van der Waals surface area contributed by atoms with Crippen molar-refractivity contribution in [3.8, 4) is 11.8 Å². The number of nitriles is 1. The van der Waals surface area contributed by atoms with Crippen molar-refractivity contribution in [1.82, 2.24) is 0 Å². The number of rotatable bonds is 5. The Morgan fingerprint density at radius 3 is 2.26 bits per heavy atom. The van der Waals surface area contributed by atoms with Gasteiger partial charge in [0, 0.05) is 6.42 Å². The summed E-state index contributed by atoms with van der Waals surface area (Å²) < 4.78 is 9.63. The molecule has 6 heteroatoms. The summed E-state index contributed by atoms with van der Waals surface area (Å²) in [7, 11) is 0. The van der Waals surface area contributed by atoms with Crippen LogP contribution in [-0.2, 0) is 11.2 Å². The highest BCUT2D eigenvalue weighted by Gasteiger charge is 2.09. The van der Waals surface area contributed by atoms with Gasteiger partial charge in [-0.05, 0) is 42.0 Å². The summed E-state index contributed by atoms with van der Waals surface area (Å²) in [6, 6.07) is 14.8. The molecular formula is C17H13NO5. The highest BCUT2D eigenvalue weighted by molar-refractivity contribution is 5.91. The fourth-order valence-electron chi connectivity index (χ4n) is 1.83. The summed E-state index contributed by atoms with van der Waals surface area (Å²) in [4.78, 5) is 22.2. The first-order chi connectivity index (χ1) is 11.1. The first-order valence-electron chi connectivity index (χ1n) is 6.75. The quantitative estimate of drug-likeness (QED) is 0.673. The smallest absolute Gasteiger partial charge is 0.450 e. The van der Waals surface area contributed by atoms with E-state index in [9.17, 15) is 9.59 Å². The molecule has 0 atom stereocenters. The molecule has 0 saturated carbocycles. The topological polar surface area (TPSA) is 96.6 Å². The third-order valence-corrected chi connectivity index (χ3v) is 3.00. The van der Waals surface area contributed by atoms with Crippen LogP contribution in [0.25, 0.3) is 0 Å². The molecular weight excluding hydrogens is 298 g/mol. The van der Waals surface area contributed by atoms with Crippen LogP contribution in [0, 0.1) is 11.3 Å². The van der Waals surface area contributed by atoms with E-state index in [2.05, 4.69) is 4.74 Å². The minimum absolute atomic E-state index is 0.0599. The van der Waals surface area contributed by atoms with Crippen LogP contribution in [0.1, 0.15) is 21.5 Å². The van der Waals surface area contributed by atoms with Crippen molar-refractivity contribution in [1.29, 1.82) is 5.26 Å². The first kappa shape index (κ1) is 16.0. The predicted molar refractivity (Wildman–Crippen MR) is 80.2 cm³/mol. The molecule has 0 aromatic heterocycles. The van der Waals surface area contributed by atoms with Gasteiger partial charge in [0.05, 0.1) is 23.8 Å². The molecule has 0 unspecified atom stereocenters. The molecule has 0 aliphatic rings. The zero-order valence-electron chi connectivity index (χ0n) is 12.1. The van der Waals surface area contributed by atoms with Crippen molar-refractivity contribution >= 4 is 12.1 Å². The van der Waals surface area contributed by atoms with Crippen LogP contribution in [0.5, 0.6) is 5.75 Å². The molecule has 0 spiro atoms. The summed E-state index contributed by atoms with van der Waals surface area (Å²) in [5.74, 6) is -0.157. The van der Waals surface area contributed by atoms with E-state index in [0.717, 1.165) is 5.56 Å². The number of esters is 1. The first-order valence-corrected chi connectivity index (χ1v) is 6.75. The normalized spacial score (nSPS) is 9.70. The number of benzene rings is 2. The Morgan fingerprint density at radius 1 is 1.04 bits per heavy atom. The molecule has 0 aliphatic heterocycles. The molecule has 0 saturated heterocycles. The molecule has 116 valence electrons. The lowest BCUT2D eigenvalue weighted by Gasteiger charge is -2.06. The van der Waals surface area contributed by atoms with Crippen molar-refractivity contribution in [2.75, 3.05) is 6.61 Å². The average Bonchev–Trinajstić information content (AvgIpc) is 2.56. The van der Waals surface area contributed by atoms with Crippen LogP contribution in [0.4, 0.5) is 4.79 Å². The van der Waals surface area contributed by atoms with Gasteiger partial charge in [0.1, 0.15) is 5.75 Å². The van der Waals surface area contributed by atoms with E-state index in [1.807, 2.05) is 6.07 Å². The molecule has 0 fully saturated rings. The van der Waals surface area contributed by atoms with Gasteiger partial charge in [-0.3, -0.25) is 0 Å². The van der Waals surface area contributed by atoms with Crippen LogP contribution >= 0.6 is 0 Å². The van der Waals surface area contributed by atoms with E-state index in [4.69, 9.17) is 15.1 Å². The maximum absolute atomic E-state index is 12.0. The summed E-state index contributed by atoms with van der Waals surface area (Å²) in [6.45, 7) is 0.0599. The van der Waals surface area contributed by atoms with Gasteiger partial charge in [0.2, 0.25) is 0 Å². The maximum Gasteiger partial charge on any atom is 0.505 e. The average molecular weight is 311 g/mol. The zero-order chi connectivity index (χ0) is 16.7. The van der Waals surface area contributed by atoms with Crippen LogP contribution in [0.3, 0.4) is 0 Å². The van der Waals surface area contributed by atoms with Crippen molar-refractivity contribution in [3.05, 3.63) is 65.2 Å². The van der Waals surface area contributed by atoms with E-state index in [1.54, 1.807) is 48.5 Å². The Hall–Kier alpha value is -3.33. The lowest BCUT2D eigenvalue weighted by Crippen LogP contribution is -2.09. The second kappa shape index (κ2) is 7.61. The number of carbonyl (C=O) groups is 2. The van der Waals surface area contributed by atoms with E-state index in [-0.39, 0.29) is 6.61 Å². The zero-order valence-corrected chi connectivity index (χ0v) is 12.1. The number of carbonyl (C=O) groups excluding carboxylic acids is 1. The number of hydrogen-bond donors (Lipinski definition) is 1. The van der Waals surface area contributed by atoms with Gasteiger partial charge in [0.15, 0.2) is 0 Å². The third-order valence-electron chi connectivity index (χ3n) is 3.00. The van der Waals surface area contributed by atoms with Gasteiger partial charge in [-0.25, -0.2) is 9.59 Å². The molecule has 2 rings (SSSR count). The highest BCUT2D eigenvalue weighted by atomic mass is 16.7. The number of nitrogens with zero attached hydrogens (tertiary/aromatic N) is 1. The van der Waals surface area contributed by atoms with Crippen molar-refractivity contribution in [3.63, 3.8) is 0 Å². The Kier molecular flexibility index (Phi) is 5.31. The van der Waals surface area contributed by atoms with E-state index in [0.29, 0.717) is 23.3 Å². The van der Waals surface area contributed by atoms with E-state index in [1.165, 1.54) is 0 Å². The van der Waals surface area contributed by atoms with Gasteiger partial charge in [0.25, 0.3) is 0 Å².